The van der Waals surface area contributed by atoms with Crippen molar-refractivity contribution >= 4 is 5.91 Å². The summed E-state index contributed by atoms with van der Waals surface area (Å²) in [4.78, 5) is 11.6. The number of hydrogen-bond acceptors (Lipinski definition) is 3. The summed E-state index contributed by atoms with van der Waals surface area (Å²) in [6, 6.07) is 1.02. The van der Waals surface area contributed by atoms with Gasteiger partial charge in [0.1, 0.15) is 0 Å². The van der Waals surface area contributed by atoms with Gasteiger partial charge in [0.25, 0.3) is 0 Å². The molecule has 0 bridgehead atoms. The van der Waals surface area contributed by atoms with Gasteiger partial charge in [-0.1, -0.05) is 20.3 Å². The molecule has 0 spiro atoms. The highest BCUT2D eigenvalue weighted by molar-refractivity contribution is 5.77. The molecular weight excluding hydrogens is 226 g/mol. The first-order valence-electron chi connectivity index (χ1n) is 7.31. The van der Waals surface area contributed by atoms with E-state index in [0.717, 1.165) is 19.5 Å². The van der Waals surface area contributed by atoms with E-state index in [2.05, 4.69) is 36.7 Å². The fourth-order valence-corrected chi connectivity index (χ4v) is 2.28. The third-order valence-electron chi connectivity index (χ3n) is 3.37. The molecule has 1 heterocycles. The van der Waals surface area contributed by atoms with Crippen molar-refractivity contribution in [2.45, 2.75) is 58.5 Å². The molecular formula is C14H29N3O. The van der Waals surface area contributed by atoms with E-state index >= 15 is 0 Å². The standard InChI is InChI=1S/C14H29N3O/c1-11(2)9-17-14(18)10-16-12(3)8-13-6-4-5-7-15-13/h11-13,15-16H,4-10H2,1-3H3,(H,17,18). The fourth-order valence-electron chi connectivity index (χ4n) is 2.28. The average molecular weight is 255 g/mol. The Hall–Kier alpha value is -0.610. The van der Waals surface area contributed by atoms with Gasteiger partial charge in [-0.25, -0.2) is 0 Å². The first kappa shape index (κ1) is 15.4. The van der Waals surface area contributed by atoms with Crippen LogP contribution in [0, 0.1) is 5.92 Å². The molecule has 0 aliphatic carbocycles. The predicted octanol–water partition coefficient (Wildman–Crippen LogP) is 1.27. The summed E-state index contributed by atoms with van der Waals surface area (Å²) < 4.78 is 0. The zero-order valence-corrected chi connectivity index (χ0v) is 12.1. The molecule has 1 amide bonds. The first-order chi connectivity index (χ1) is 8.58. The number of carbonyl (C=O) groups is 1. The van der Waals surface area contributed by atoms with Gasteiger partial charge in [-0.15, -0.1) is 0 Å². The highest BCUT2D eigenvalue weighted by Crippen LogP contribution is 2.11. The molecule has 18 heavy (non-hydrogen) atoms. The molecule has 1 fully saturated rings. The minimum Gasteiger partial charge on any atom is -0.355 e. The van der Waals surface area contributed by atoms with Gasteiger partial charge in [-0.2, -0.15) is 0 Å². The molecule has 1 aliphatic rings. The van der Waals surface area contributed by atoms with E-state index in [1.165, 1.54) is 19.3 Å². The van der Waals surface area contributed by atoms with Crippen molar-refractivity contribution in [3.63, 3.8) is 0 Å². The summed E-state index contributed by atoms with van der Waals surface area (Å²) in [6.07, 6.45) is 5.01. The molecule has 2 atom stereocenters. The van der Waals surface area contributed by atoms with Gasteiger partial charge in [0.05, 0.1) is 6.54 Å². The van der Waals surface area contributed by atoms with Crippen molar-refractivity contribution < 1.29 is 4.79 Å². The molecule has 0 aromatic rings. The van der Waals surface area contributed by atoms with Crippen molar-refractivity contribution in [1.82, 2.24) is 16.0 Å². The molecule has 1 aliphatic heterocycles. The second-order valence-electron chi connectivity index (χ2n) is 5.86. The summed E-state index contributed by atoms with van der Waals surface area (Å²) >= 11 is 0. The van der Waals surface area contributed by atoms with Crippen LogP contribution in [-0.2, 0) is 4.79 Å². The molecule has 4 nitrogen and oxygen atoms in total. The molecule has 4 heteroatoms. The van der Waals surface area contributed by atoms with Gasteiger partial charge in [0.2, 0.25) is 5.91 Å². The number of rotatable bonds is 7. The monoisotopic (exact) mass is 255 g/mol. The van der Waals surface area contributed by atoms with E-state index in [-0.39, 0.29) is 5.91 Å². The van der Waals surface area contributed by atoms with Crippen molar-refractivity contribution in [2.24, 2.45) is 5.92 Å². The van der Waals surface area contributed by atoms with E-state index in [9.17, 15) is 4.79 Å². The Morgan fingerprint density at radius 3 is 2.72 bits per heavy atom. The van der Waals surface area contributed by atoms with Crippen LogP contribution in [0.5, 0.6) is 0 Å². The van der Waals surface area contributed by atoms with E-state index in [1.54, 1.807) is 0 Å². The third kappa shape index (κ3) is 6.97. The lowest BCUT2D eigenvalue weighted by atomic mass is 9.99. The first-order valence-corrected chi connectivity index (χ1v) is 7.31. The Morgan fingerprint density at radius 2 is 2.11 bits per heavy atom. The summed E-state index contributed by atoms with van der Waals surface area (Å²) in [5.41, 5.74) is 0. The maximum Gasteiger partial charge on any atom is 0.233 e. The average Bonchev–Trinajstić information content (AvgIpc) is 2.35. The van der Waals surface area contributed by atoms with Crippen LogP contribution in [0.3, 0.4) is 0 Å². The van der Waals surface area contributed by atoms with Crippen LogP contribution in [-0.4, -0.2) is 37.6 Å². The third-order valence-corrected chi connectivity index (χ3v) is 3.37. The lowest BCUT2D eigenvalue weighted by molar-refractivity contribution is -0.120. The predicted molar refractivity (Wildman–Crippen MR) is 75.6 cm³/mol. The zero-order chi connectivity index (χ0) is 13.4. The van der Waals surface area contributed by atoms with Crippen molar-refractivity contribution in [1.29, 1.82) is 0 Å². The summed E-state index contributed by atoms with van der Waals surface area (Å²) in [7, 11) is 0. The number of amides is 1. The van der Waals surface area contributed by atoms with E-state index in [0.29, 0.717) is 24.5 Å². The highest BCUT2D eigenvalue weighted by atomic mass is 16.1. The molecule has 0 radical (unpaired) electrons. The fraction of sp³-hybridized carbons (Fsp3) is 0.929. The summed E-state index contributed by atoms with van der Waals surface area (Å²) in [5.74, 6) is 0.616. The van der Waals surface area contributed by atoms with E-state index in [1.807, 2.05) is 0 Å². The number of hydrogen-bond donors (Lipinski definition) is 3. The van der Waals surface area contributed by atoms with Crippen molar-refractivity contribution in [3.8, 4) is 0 Å². The second-order valence-corrected chi connectivity index (χ2v) is 5.86. The maximum absolute atomic E-state index is 11.6. The largest absolute Gasteiger partial charge is 0.355 e. The maximum atomic E-state index is 11.6. The molecule has 1 saturated heterocycles. The van der Waals surface area contributed by atoms with Gasteiger partial charge in [-0.05, 0) is 38.6 Å². The summed E-state index contributed by atoms with van der Waals surface area (Å²) in [5, 5.41) is 9.76. The Morgan fingerprint density at radius 1 is 1.33 bits per heavy atom. The van der Waals surface area contributed by atoms with Gasteiger partial charge < -0.3 is 16.0 Å². The Labute approximate surface area is 111 Å². The van der Waals surface area contributed by atoms with Crippen LogP contribution in [0.25, 0.3) is 0 Å². The molecule has 1 rings (SSSR count). The zero-order valence-electron chi connectivity index (χ0n) is 12.1. The minimum atomic E-state index is 0.104. The van der Waals surface area contributed by atoms with Crippen LogP contribution in [0.1, 0.15) is 46.5 Å². The van der Waals surface area contributed by atoms with Crippen LogP contribution in [0.15, 0.2) is 0 Å². The summed E-state index contributed by atoms with van der Waals surface area (Å²) in [6.45, 7) is 8.70. The number of carbonyl (C=O) groups excluding carboxylic acids is 1. The number of nitrogens with one attached hydrogen (secondary N) is 3. The Kier molecular flexibility index (Phi) is 7.28. The van der Waals surface area contributed by atoms with Gasteiger partial charge in [-0.3, -0.25) is 4.79 Å². The van der Waals surface area contributed by atoms with Gasteiger partial charge >= 0.3 is 0 Å². The Bertz CT molecular complexity index is 237. The molecule has 0 aromatic carbocycles. The SMILES string of the molecule is CC(C)CNC(=O)CNC(C)CC1CCCCN1. The van der Waals surface area contributed by atoms with Crippen molar-refractivity contribution in [3.05, 3.63) is 0 Å². The van der Waals surface area contributed by atoms with Crippen LogP contribution in [0.4, 0.5) is 0 Å². The molecule has 106 valence electrons. The van der Waals surface area contributed by atoms with Gasteiger partial charge in [0, 0.05) is 18.6 Å². The lowest BCUT2D eigenvalue weighted by Gasteiger charge is -2.26. The molecule has 0 saturated carbocycles. The van der Waals surface area contributed by atoms with Crippen LogP contribution >= 0.6 is 0 Å². The molecule has 3 N–H and O–H groups in total. The highest BCUT2D eigenvalue weighted by Gasteiger charge is 2.15. The molecule has 0 aromatic heterocycles. The lowest BCUT2D eigenvalue weighted by Crippen LogP contribution is -2.43. The minimum absolute atomic E-state index is 0.104. The second kappa shape index (κ2) is 8.48. The normalized spacial score (nSPS) is 21.9. The Balaban J connectivity index is 2.08. The number of piperidine rings is 1. The van der Waals surface area contributed by atoms with Crippen LogP contribution in [0.2, 0.25) is 0 Å². The van der Waals surface area contributed by atoms with E-state index in [4.69, 9.17) is 0 Å². The quantitative estimate of drug-likeness (QED) is 0.642. The van der Waals surface area contributed by atoms with Gasteiger partial charge in [0.15, 0.2) is 0 Å². The topological polar surface area (TPSA) is 53.2 Å². The van der Waals surface area contributed by atoms with Crippen LogP contribution < -0.4 is 16.0 Å². The smallest absolute Gasteiger partial charge is 0.233 e. The molecule has 2 unspecified atom stereocenters. The van der Waals surface area contributed by atoms with E-state index < -0.39 is 0 Å². The van der Waals surface area contributed by atoms with Crippen molar-refractivity contribution in [2.75, 3.05) is 19.6 Å².